The van der Waals surface area contributed by atoms with E-state index >= 15 is 0 Å². The Morgan fingerprint density at radius 1 is 1.35 bits per heavy atom. The summed E-state index contributed by atoms with van der Waals surface area (Å²) in [6.45, 7) is 4.19. The number of nitrogens with two attached hydrogens (primary N) is 1. The third-order valence-corrected chi connectivity index (χ3v) is 2.59. The maximum absolute atomic E-state index is 5.60. The number of rotatable bonds is 3. The molecule has 0 amide bonds. The maximum Gasteiger partial charge on any atom is 0.226 e. The Hall–Kier alpha value is -1.63. The van der Waals surface area contributed by atoms with E-state index in [1.807, 2.05) is 13.8 Å². The monoisotopic (exact) mass is 297 g/mol. The van der Waals surface area contributed by atoms with Gasteiger partial charge in [0.05, 0.1) is 12.2 Å². The molecular weight excluding hydrogens is 286 g/mol. The van der Waals surface area contributed by atoms with Crippen LogP contribution in [0.25, 0.3) is 0 Å². The highest BCUT2D eigenvalue weighted by Crippen LogP contribution is 2.14. The quantitative estimate of drug-likeness (QED) is 0.843. The highest BCUT2D eigenvalue weighted by Gasteiger charge is 2.06. The molecule has 0 aliphatic rings. The molecule has 0 atom stereocenters. The van der Waals surface area contributed by atoms with Crippen molar-refractivity contribution in [2.45, 2.75) is 20.4 Å². The number of nitrogen functional groups attached to an aromatic ring is 1. The first-order valence-corrected chi connectivity index (χ1v) is 5.81. The van der Waals surface area contributed by atoms with Crippen molar-refractivity contribution < 1.29 is 4.42 Å². The van der Waals surface area contributed by atoms with E-state index in [4.69, 9.17) is 10.2 Å². The van der Waals surface area contributed by atoms with Gasteiger partial charge in [0.15, 0.2) is 0 Å². The first-order chi connectivity index (χ1) is 8.04. The molecule has 6 nitrogen and oxygen atoms in total. The van der Waals surface area contributed by atoms with Crippen LogP contribution in [0, 0.1) is 13.8 Å². The molecule has 0 unspecified atom stereocenters. The summed E-state index contributed by atoms with van der Waals surface area (Å²) >= 11 is 3.24. The van der Waals surface area contributed by atoms with Gasteiger partial charge in [0, 0.05) is 6.07 Å². The third-order valence-electron chi connectivity index (χ3n) is 2.19. The molecule has 90 valence electrons. The molecule has 0 radical (unpaired) electrons. The molecule has 0 saturated carbocycles. The van der Waals surface area contributed by atoms with Crippen LogP contribution in [-0.2, 0) is 6.54 Å². The SMILES string of the molecule is Cc1nc(CNc2nc(N)cc(Br)n2)oc1C. The Morgan fingerprint density at radius 2 is 2.12 bits per heavy atom. The summed E-state index contributed by atoms with van der Waals surface area (Å²) in [7, 11) is 0. The minimum absolute atomic E-state index is 0.397. The molecular formula is C10H12BrN5O. The number of nitrogens with one attached hydrogen (secondary N) is 1. The van der Waals surface area contributed by atoms with Gasteiger partial charge in [0.1, 0.15) is 16.2 Å². The zero-order chi connectivity index (χ0) is 12.4. The lowest BCUT2D eigenvalue weighted by Crippen LogP contribution is -2.05. The summed E-state index contributed by atoms with van der Waals surface area (Å²) in [6, 6.07) is 1.63. The predicted octanol–water partition coefficient (Wildman–Crippen LogP) is 2.04. The first kappa shape index (κ1) is 11.8. The summed E-state index contributed by atoms with van der Waals surface area (Å²) in [5.41, 5.74) is 6.48. The van der Waals surface area contributed by atoms with Gasteiger partial charge in [-0.2, -0.15) is 4.98 Å². The van der Waals surface area contributed by atoms with Gasteiger partial charge in [0.25, 0.3) is 0 Å². The van der Waals surface area contributed by atoms with E-state index in [0.717, 1.165) is 11.5 Å². The minimum atomic E-state index is 0.397. The molecule has 2 rings (SSSR count). The van der Waals surface area contributed by atoms with Gasteiger partial charge in [-0.25, -0.2) is 9.97 Å². The number of anilines is 2. The van der Waals surface area contributed by atoms with Gasteiger partial charge >= 0.3 is 0 Å². The Morgan fingerprint density at radius 3 is 2.71 bits per heavy atom. The van der Waals surface area contributed by atoms with Gasteiger partial charge in [-0.3, -0.25) is 0 Å². The molecule has 17 heavy (non-hydrogen) atoms. The fourth-order valence-corrected chi connectivity index (χ4v) is 1.69. The summed E-state index contributed by atoms with van der Waals surface area (Å²) in [6.07, 6.45) is 0. The highest BCUT2D eigenvalue weighted by atomic mass is 79.9. The van der Waals surface area contributed by atoms with E-state index in [9.17, 15) is 0 Å². The number of oxazole rings is 1. The van der Waals surface area contributed by atoms with Crippen molar-refractivity contribution in [1.29, 1.82) is 0 Å². The highest BCUT2D eigenvalue weighted by molar-refractivity contribution is 9.10. The van der Waals surface area contributed by atoms with Crippen molar-refractivity contribution >= 4 is 27.7 Å². The topological polar surface area (TPSA) is 89.9 Å². The third kappa shape index (κ3) is 2.94. The van der Waals surface area contributed by atoms with Crippen LogP contribution in [0.4, 0.5) is 11.8 Å². The van der Waals surface area contributed by atoms with Crippen molar-refractivity contribution in [2.24, 2.45) is 0 Å². The lowest BCUT2D eigenvalue weighted by Gasteiger charge is -2.03. The fraction of sp³-hybridized carbons (Fsp3) is 0.300. The Balaban J connectivity index is 2.07. The molecule has 0 saturated heterocycles. The summed E-state index contributed by atoms with van der Waals surface area (Å²) in [4.78, 5) is 12.4. The smallest absolute Gasteiger partial charge is 0.226 e. The molecule has 0 spiro atoms. The molecule has 3 N–H and O–H groups in total. The second-order valence-electron chi connectivity index (χ2n) is 3.54. The molecule has 2 heterocycles. The van der Waals surface area contributed by atoms with E-state index in [0.29, 0.717) is 28.8 Å². The largest absolute Gasteiger partial charge is 0.444 e. The molecule has 2 aromatic rings. The lowest BCUT2D eigenvalue weighted by molar-refractivity contribution is 0.478. The zero-order valence-corrected chi connectivity index (χ0v) is 11.1. The Kier molecular flexibility index (Phi) is 3.28. The van der Waals surface area contributed by atoms with Gasteiger partial charge in [0.2, 0.25) is 11.8 Å². The van der Waals surface area contributed by atoms with Crippen molar-refractivity contribution in [2.75, 3.05) is 11.1 Å². The maximum atomic E-state index is 5.60. The number of halogens is 1. The van der Waals surface area contributed by atoms with Crippen molar-refractivity contribution in [3.63, 3.8) is 0 Å². The van der Waals surface area contributed by atoms with Crippen LogP contribution in [-0.4, -0.2) is 15.0 Å². The number of hydrogen-bond acceptors (Lipinski definition) is 6. The molecule has 2 aromatic heterocycles. The van der Waals surface area contributed by atoms with E-state index in [-0.39, 0.29) is 0 Å². The van der Waals surface area contributed by atoms with Gasteiger partial charge in [-0.1, -0.05) is 0 Å². The molecule has 0 bridgehead atoms. The molecule has 0 fully saturated rings. The normalized spacial score (nSPS) is 10.5. The van der Waals surface area contributed by atoms with Crippen LogP contribution in [0.15, 0.2) is 15.1 Å². The number of aryl methyl sites for hydroxylation is 2. The summed E-state index contributed by atoms with van der Waals surface area (Å²) in [5, 5.41) is 2.99. The first-order valence-electron chi connectivity index (χ1n) is 5.01. The molecule has 0 aliphatic carbocycles. The second-order valence-corrected chi connectivity index (χ2v) is 4.35. The van der Waals surface area contributed by atoms with Crippen LogP contribution in [0.5, 0.6) is 0 Å². The number of aromatic nitrogens is 3. The Bertz CT molecular complexity index is 500. The lowest BCUT2D eigenvalue weighted by atomic mass is 10.4. The van der Waals surface area contributed by atoms with Crippen LogP contribution in [0.2, 0.25) is 0 Å². The molecule has 7 heteroatoms. The average Bonchev–Trinajstić information content (AvgIpc) is 2.54. The van der Waals surface area contributed by atoms with E-state index < -0.39 is 0 Å². The van der Waals surface area contributed by atoms with E-state index in [1.165, 1.54) is 0 Å². The van der Waals surface area contributed by atoms with Crippen molar-refractivity contribution in [1.82, 2.24) is 15.0 Å². The van der Waals surface area contributed by atoms with Crippen LogP contribution in [0.1, 0.15) is 17.3 Å². The molecule has 0 aliphatic heterocycles. The van der Waals surface area contributed by atoms with Gasteiger partial charge < -0.3 is 15.5 Å². The van der Waals surface area contributed by atoms with Crippen LogP contribution < -0.4 is 11.1 Å². The summed E-state index contributed by atoms with van der Waals surface area (Å²) in [5.74, 6) is 2.25. The standard InChI is InChI=1S/C10H12BrN5O/c1-5-6(2)17-9(14-5)4-13-10-15-7(11)3-8(12)16-10/h3H,4H2,1-2H3,(H3,12,13,15,16). The van der Waals surface area contributed by atoms with Gasteiger partial charge in [-0.15, -0.1) is 0 Å². The van der Waals surface area contributed by atoms with Crippen molar-refractivity contribution in [3.8, 4) is 0 Å². The van der Waals surface area contributed by atoms with E-state index in [1.54, 1.807) is 6.07 Å². The fourth-order valence-electron chi connectivity index (χ4n) is 1.28. The minimum Gasteiger partial charge on any atom is -0.444 e. The van der Waals surface area contributed by atoms with Crippen LogP contribution in [0.3, 0.4) is 0 Å². The second kappa shape index (κ2) is 4.70. The van der Waals surface area contributed by atoms with Gasteiger partial charge in [-0.05, 0) is 29.8 Å². The van der Waals surface area contributed by atoms with Crippen LogP contribution >= 0.6 is 15.9 Å². The van der Waals surface area contributed by atoms with E-state index in [2.05, 4.69) is 36.2 Å². The summed E-state index contributed by atoms with van der Waals surface area (Å²) < 4.78 is 6.06. The molecule has 0 aromatic carbocycles. The average molecular weight is 298 g/mol. The van der Waals surface area contributed by atoms with Crippen molar-refractivity contribution in [3.05, 3.63) is 28.0 Å². The Labute approximate surface area is 107 Å². The predicted molar refractivity (Wildman–Crippen MR) is 67.4 cm³/mol. The number of nitrogens with zero attached hydrogens (tertiary/aromatic N) is 3. The number of hydrogen-bond donors (Lipinski definition) is 2. The zero-order valence-electron chi connectivity index (χ0n) is 9.49.